The zero-order valence-electron chi connectivity index (χ0n) is 13.1. The molecular formula is C13H20N6O3. The number of rotatable bonds is 5. The molecule has 0 saturated carbocycles. The largest absolute Gasteiger partial charge is 0.389 e. The molecule has 9 heteroatoms. The van der Waals surface area contributed by atoms with Gasteiger partial charge in [-0.15, -0.1) is 0 Å². The Labute approximate surface area is 126 Å². The van der Waals surface area contributed by atoms with Crippen molar-refractivity contribution in [1.82, 2.24) is 23.6 Å². The Bertz CT molecular complexity index is 814. The lowest BCUT2D eigenvalue weighted by Crippen LogP contribution is -2.38. The van der Waals surface area contributed by atoms with Crippen molar-refractivity contribution in [3.05, 3.63) is 27.2 Å². The van der Waals surface area contributed by atoms with E-state index in [0.717, 1.165) is 4.57 Å². The highest BCUT2D eigenvalue weighted by Gasteiger charge is 2.15. The van der Waals surface area contributed by atoms with E-state index in [-0.39, 0.29) is 13.1 Å². The predicted octanol–water partition coefficient (Wildman–Crippen LogP) is -1.62. The van der Waals surface area contributed by atoms with Crippen molar-refractivity contribution in [2.24, 2.45) is 19.1 Å². The molecule has 2 aromatic heterocycles. The lowest BCUT2D eigenvalue weighted by atomic mass is 10.3. The minimum Gasteiger partial charge on any atom is -0.389 e. The first-order chi connectivity index (χ1) is 10.3. The molecule has 9 nitrogen and oxygen atoms in total. The van der Waals surface area contributed by atoms with Gasteiger partial charge in [-0.25, -0.2) is 9.78 Å². The Morgan fingerprint density at radius 1 is 1.36 bits per heavy atom. The van der Waals surface area contributed by atoms with Crippen molar-refractivity contribution in [1.29, 1.82) is 0 Å². The first kappa shape index (κ1) is 16.0. The van der Waals surface area contributed by atoms with Gasteiger partial charge in [0.15, 0.2) is 11.2 Å². The molecule has 0 fully saturated rings. The monoisotopic (exact) mass is 308 g/mol. The number of aryl methyl sites for hydroxylation is 1. The number of aliphatic imine (C=N–C) groups is 1. The maximum absolute atomic E-state index is 12.2. The maximum Gasteiger partial charge on any atom is 0.332 e. The van der Waals surface area contributed by atoms with Gasteiger partial charge >= 0.3 is 5.69 Å². The number of aliphatic hydroxyl groups is 1. The summed E-state index contributed by atoms with van der Waals surface area (Å²) in [6.07, 6.45) is 2.30. The van der Waals surface area contributed by atoms with Gasteiger partial charge < -0.3 is 14.6 Å². The Morgan fingerprint density at radius 2 is 2.05 bits per heavy atom. The molecule has 2 aromatic rings. The smallest absolute Gasteiger partial charge is 0.332 e. The molecule has 0 radical (unpaired) electrons. The zero-order valence-corrected chi connectivity index (χ0v) is 13.1. The lowest BCUT2D eigenvalue weighted by Gasteiger charge is -2.11. The minimum absolute atomic E-state index is 0.175. The average molecular weight is 308 g/mol. The van der Waals surface area contributed by atoms with Crippen molar-refractivity contribution in [3.8, 4) is 0 Å². The molecule has 0 spiro atoms. The fraction of sp³-hybridized carbons (Fsp3) is 0.538. The molecule has 22 heavy (non-hydrogen) atoms. The third-order valence-corrected chi connectivity index (χ3v) is 3.25. The fourth-order valence-corrected chi connectivity index (χ4v) is 2.15. The van der Waals surface area contributed by atoms with Crippen LogP contribution in [0.1, 0.15) is 0 Å². The second-order valence-electron chi connectivity index (χ2n) is 5.37. The highest BCUT2D eigenvalue weighted by atomic mass is 16.3. The Hall–Kier alpha value is -2.42. The number of hydrogen-bond acceptors (Lipinski definition) is 5. The topological polar surface area (TPSA) is 97.7 Å². The van der Waals surface area contributed by atoms with Crippen LogP contribution in [0.2, 0.25) is 0 Å². The Morgan fingerprint density at radius 3 is 2.68 bits per heavy atom. The summed E-state index contributed by atoms with van der Waals surface area (Å²) in [4.78, 5) is 34.0. The van der Waals surface area contributed by atoms with Gasteiger partial charge in [0.2, 0.25) is 0 Å². The highest BCUT2D eigenvalue weighted by Crippen LogP contribution is 2.06. The summed E-state index contributed by atoms with van der Waals surface area (Å²) in [7, 11) is 6.64. The third-order valence-electron chi connectivity index (χ3n) is 3.25. The first-order valence-corrected chi connectivity index (χ1v) is 6.78. The van der Waals surface area contributed by atoms with E-state index >= 15 is 0 Å². The van der Waals surface area contributed by atoms with Crippen molar-refractivity contribution in [2.45, 2.75) is 12.6 Å². The minimum atomic E-state index is -0.754. The van der Waals surface area contributed by atoms with Crippen molar-refractivity contribution in [2.75, 3.05) is 20.6 Å². The average Bonchev–Trinajstić information content (AvgIpc) is 2.86. The summed E-state index contributed by atoms with van der Waals surface area (Å²) in [6.45, 7) is 0.388. The van der Waals surface area contributed by atoms with Gasteiger partial charge in [0, 0.05) is 28.2 Å². The van der Waals surface area contributed by atoms with Gasteiger partial charge in [0.05, 0.1) is 31.9 Å². The molecule has 0 aliphatic heterocycles. The number of fused-ring (bicyclic) bond motifs is 1. The maximum atomic E-state index is 12.2. The third kappa shape index (κ3) is 2.93. The van der Waals surface area contributed by atoms with Crippen molar-refractivity contribution < 1.29 is 5.11 Å². The summed E-state index contributed by atoms with van der Waals surface area (Å²) in [5.41, 5.74) is -0.268. The van der Waals surface area contributed by atoms with Crippen LogP contribution >= 0.6 is 0 Å². The summed E-state index contributed by atoms with van der Waals surface area (Å²) in [5.74, 6) is 0. The van der Waals surface area contributed by atoms with E-state index in [2.05, 4.69) is 9.98 Å². The van der Waals surface area contributed by atoms with E-state index in [1.807, 2.05) is 14.1 Å². The number of nitrogens with zero attached hydrogens (tertiary/aromatic N) is 6. The van der Waals surface area contributed by atoms with E-state index < -0.39 is 17.4 Å². The zero-order chi connectivity index (χ0) is 16.4. The van der Waals surface area contributed by atoms with Gasteiger partial charge in [-0.1, -0.05) is 0 Å². The molecule has 0 aliphatic carbocycles. The molecule has 2 rings (SSSR count). The Kier molecular flexibility index (Phi) is 4.45. The summed E-state index contributed by atoms with van der Waals surface area (Å²) < 4.78 is 3.88. The summed E-state index contributed by atoms with van der Waals surface area (Å²) >= 11 is 0. The second-order valence-corrected chi connectivity index (χ2v) is 5.37. The van der Waals surface area contributed by atoms with Gasteiger partial charge in [-0.3, -0.25) is 18.9 Å². The molecule has 0 amide bonds. The summed E-state index contributed by atoms with van der Waals surface area (Å²) in [6, 6.07) is 0. The van der Waals surface area contributed by atoms with Crippen LogP contribution in [0.15, 0.2) is 20.9 Å². The predicted molar refractivity (Wildman–Crippen MR) is 83.3 cm³/mol. The standard InChI is InChI=1S/C13H20N6O3/c1-16(2)7-14-5-9(20)6-19-8-15-11-10(19)12(21)18(4)13(22)17(11)3/h7-9,20H,5-6H2,1-4H3/t9-/m0/s1. The van der Waals surface area contributed by atoms with Crippen LogP contribution in [-0.4, -0.2) is 61.8 Å². The number of hydrogen-bond donors (Lipinski definition) is 1. The van der Waals surface area contributed by atoms with Gasteiger partial charge in [-0.05, 0) is 0 Å². The van der Waals surface area contributed by atoms with Crippen molar-refractivity contribution >= 4 is 17.5 Å². The molecule has 0 unspecified atom stereocenters. The Balaban J connectivity index is 2.34. The quantitative estimate of drug-likeness (QED) is 0.529. The molecule has 1 N–H and O–H groups in total. The van der Waals surface area contributed by atoms with E-state index in [1.165, 1.54) is 17.9 Å². The molecule has 0 saturated heterocycles. The van der Waals surface area contributed by atoms with E-state index in [0.29, 0.717) is 11.2 Å². The van der Waals surface area contributed by atoms with Crippen LogP contribution < -0.4 is 11.2 Å². The summed E-state index contributed by atoms with van der Waals surface area (Å²) in [5, 5.41) is 10.0. The highest BCUT2D eigenvalue weighted by molar-refractivity contribution is 5.69. The van der Waals surface area contributed by atoms with Crippen LogP contribution in [0.3, 0.4) is 0 Å². The van der Waals surface area contributed by atoms with E-state index in [1.54, 1.807) is 22.9 Å². The molecule has 120 valence electrons. The molecule has 0 aromatic carbocycles. The van der Waals surface area contributed by atoms with Crippen LogP contribution in [0.4, 0.5) is 0 Å². The van der Waals surface area contributed by atoms with Gasteiger partial charge in [0.1, 0.15) is 0 Å². The number of aliphatic hydroxyl groups excluding tert-OH is 1. The van der Waals surface area contributed by atoms with Gasteiger partial charge in [-0.2, -0.15) is 0 Å². The molecular weight excluding hydrogens is 288 g/mol. The molecule has 1 atom stereocenters. The van der Waals surface area contributed by atoms with Crippen LogP contribution in [-0.2, 0) is 20.6 Å². The second kappa shape index (κ2) is 6.14. The molecule has 0 aliphatic rings. The fourth-order valence-electron chi connectivity index (χ4n) is 2.15. The SMILES string of the molecule is CN(C)C=NC[C@H](O)Cn1cnc2c1c(=O)n(C)c(=O)n2C. The number of aromatic nitrogens is 4. The van der Waals surface area contributed by atoms with Crippen LogP contribution in [0.5, 0.6) is 0 Å². The first-order valence-electron chi connectivity index (χ1n) is 6.78. The van der Waals surface area contributed by atoms with Gasteiger partial charge in [0.25, 0.3) is 5.56 Å². The molecule has 2 heterocycles. The normalized spacial score (nSPS) is 13.1. The van der Waals surface area contributed by atoms with E-state index in [9.17, 15) is 14.7 Å². The van der Waals surface area contributed by atoms with Crippen molar-refractivity contribution in [3.63, 3.8) is 0 Å². The van der Waals surface area contributed by atoms with Crippen LogP contribution in [0.25, 0.3) is 11.2 Å². The van der Waals surface area contributed by atoms with E-state index in [4.69, 9.17) is 0 Å². The number of imidazole rings is 1. The van der Waals surface area contributed by atoms with Crippen LogP contribution in [0, 0.1) is 0 Å². The molecule has 0 bridgehead atoms. The lowest BCUT2D eigenvalue weighted by molar-refractivity contribution is 0.164.